The number of imidazole rings is 1. The van der Waals surface area contributed by atoms with Crippen LogP contribution in [0.15, 0.2) is 42.6 Å². The molecule has 7 heteroatoms. The lowest BCUT2D eigenvalue weighted by molar-refractivity contribution is 0.434. The highest BCUT2D eigenvalue weighted by molar-refractivity contribution is 7.91. The molecular weight excluding hydrogens is 360 g/mol. The molecule has 2 aromatic heterocycles. The highest BCUT2D eigenvalue weighted by Gasteiger charge is 2.24. The molecule has 0 spiro atoms. The van der Waals surface area contributed by atoms with Gasteiger partial charge < -0.3 is 9.88 Å². The van der Waals surface area contributed by atoms with E-state index in [1.807, 2.05) is 36.5 Å². The Labute approximate surface area is 159 Å². The summed E-state index contributed by atoms with van der Waals surface area (Å²) in [5.41, 5.74) is 2.97. The summed E-state index contributed by atoms with van der Waals surface area (Å²) >= 11 is 0. The second-order valence-electron chi connectivity index (χ2n) is 7.13. The summed E-state index contributed by atoms with van der Waals surface area (Å²) in [5.74, 6) is 2.55. The molecule has 1 fully saturated rings. The largest absolute Gasteiger partial charge is 0.357 e. The molecule has 1 aromatic carbocycles. The Kier molecular flexibility index (Phi) is 4.86. The molecule has 1 N–H and O–H groups in total. The first-order valence-corrected chi connectivity index (χ1v) is 11.2. The van der Waals surface area contributed by atoms with Crippen molar-refractivity contribution in [1.29, 1.82) is 0 Å². The van der Waals surface area contributed by atoms with E-state index < -0.39 is 9.84 Å². The molecule has 27 heavy (non-hydrogen) atoms. The van der Waals surface area contributed by atoms with Gasteiger partial charge in [-0.3, -0.25) is 0 Å². The second-order valence-corrected chi connectivity index (χ2v) is 9.53. The third-order valence-electron chi connectivity index (χ3n) is 5.28. The molecule has 0 amide bonds. The second kappa shape index (κ2) is 7.31. The number of hydrogen-bond acceptors (Lipinski definition) is 5. The Hall–Kier alpha value is -2.41. The molecule has 3 aromatic rings. The van der Waals surface area contributed by atoms with Crippen molar-refractivity contribution in [2.45, 2.75) is 19.8 Å². The fourth-order valence-electron chi connectivity index (χ4n) is 3.63. The van der Waals surface area contributed by atoms with Gasteiger partial charge in [-0.1, -0.05) is 19.1 Å². The lowest BCUT2D eigenvalue weighted by atomic mass is 9.99. The average molecular weight is 385 g/mol. The van der Waals surface area contributed by atoms with Crippen LogP contribution in [0.4, 0.5) is 5.82 Å². The monoisotopic (exact) mass is 384 g/mol. The van der Waals surface area contributed by atoms with Crippen LogP contribution < -0.4 is 4.90 Å². The minimum Gasteiger partial charge on any atom is -0.357 e. The zero-order valence-corrected chi connectivity index (χ0v) is 16.2. The normalized spacial score (nSPS) is 16.1. The number of aromatic nitrogens is 3. The Morgan fingerprint density at radius 1 is 1.19 bits per heavy atom. The molecule has 4 rings (SSSR count). The average Bonchev–Trinajstić information content (AvgIpc) is 3.13. The van der Waals surface area contributed by atoms with Crippen molar-refractivity contribution >= 4 is 26.7 Å². The van der Waals surface area contributed by atoms with Crippen LogP contribution in [0.5, 0.6) is 0 Å². The maximum atomic E-state index is 11.9. The topological polar surface area (TPSA) is 79.0 Å². The summed E-state index contributed by atoms with van der Waals surface area (Å²) in [6.45, 7) is 3.39. The standard InChI is InChI=1S/C20H24N4O2S/c1-2-27(25,26)14-15-8-11-24(12-9-15)19-13-16(7-10-21-19)20-22-17-5-3-4-6-18(17)23-20/h3-7,10,13,15H,2,8-9,11-12,14H2,1H3,(H,22,23). The van der Waals surface area contributed by atoms with Crippen molar-refractivity contribution in [3.63, 3.8) is 0 Å². The summed E-state index contributed by atoms with van der Waals surface area (Å²) in [7, 11) is -2.90. The van der Waals surface area contributed by atoms with Crippen molar-refractivity contribution in [3.05, 3.63) is 42.6 Å². The number of aromatic amines is 1. The number of para-hydroxylation sites is 2. The van der Waals surface area contributed by atoms with Gasteiger partial charge >= 0.3 is 0 Å². The van der Waals surface area contributed by atoms with E-state index in [4.69, 9.17) is 0 Å². The summed E-state index contributed by atoms with van der Waals surface area (Å²) < 4.78 is 23.7. The van der Waals surface area contributed by atoms with Gasteiger partial charge in [0.1, 0.15) is 21.5 Å². The molecule has 6 nitrogen and oxygen atoms in total. The SMILES string of the molecule is CCS(=O)(=O)CC1CCN(c2cc(-c3nc4ccccc4[nH]3)ccn2)CC1. The molecule has 3 heterocycles. The number of anilines is 1. The van der Waals surface area contributed by atoms with Crippen LogP contribution in [0.25, 0.3) is 22.4 Å². The number of fused-ring (bicyclic) bond motifs is 1. The van der Waals surface area contributed by atoms with Gasteiger partial charge in [-0.2, -0.15) is 0 Å². The van der Waals surface area contributed by atoms with Crippen molar-refractivity contribution in [1.82, 2.24) is 15.0 Å². The van der Waals surface area contributed by atoms with E-state index in [-0.39, 0.29) is 11.7 Å². The van der Waals surface area contributed by atoms with Crippen LogP contribution in [-0.4, -0.2) is 48.0 Å². The van der Waals surface area contributed by atoms with Crippen LogP contribution in [0.3, 0.4) is 0 Å². The molecule has 1 aliphatic heterocycles. The number of H-pyrrole nitrogens is 1. The number of hydrogen-bond donors (Lipinski definition) is 1. The van der Waals surface area contributed by atoms with E-state index >= 15 is 0 Å². The predicted molar refractivity (Wildman–Crippen MR) is 109 cm³/mol. The van der Waals surface area contributed by atoms with Gasteiger partial charge in [0.2, 0.25) is 0 Å². The molecular formula is C20H24N4O2S. The van der Waals surface area contributed by atoms with Crippen LogP contribution in [-0.2, 0) is 9.84 Å². The summed E-state index contributed by atoms with van der Waals surface area (Å²) in [4.78, 5) is 14.8. The predicted octanol–water partition coefficient (Wildman–Crippen LogP) is 3.28. The van der Waals surface area contributed by atoms with Crippen LogP contribution in [0, 0.1) is 5.92 Å². The fraction of sp³-hybridized carbons (Fsp3) is 0.400. The molecule has 0 radical (unpaired) electrons. The summed E-state index contributed by atoms with van der Waals surface area (Å²) in [6.07, 6.45) is 3.58. The van der Waals surface area contributed by atoms with E-state index in [9.17, 15) is 8.42 Å². The minimum atomic E-state index is -2.90. The van der Waals surface area contributed by atoms with Crippen LogP contribution in [0.1, 0.15) is 19.8 Å². The van der Waals surface area contributed by atoms with Crippen molar-refractivity contribution in [2.75, 3.05) is 29.5 Å². The number of pyridine rings is 1. The van der Waals surface area contributed by atoms with Crippen molar-refractivity contribution in [2.24, 2.45) is 5.92 Å². The number of benzene rings is 1. The summed E-state index contributed by atoms with van der Waals surface area (Å²) in [6, 6.07) is 12.0. The first kappa shape index (κ1) is 18.0. The van der Waals surface area contributed by atoms with E-state index in [1.165, 1.54) is 0 Å². The van der Waals surface area contributed by atoms with Crippen molar-refractivity contribution < 1.29 is 8.42 Å². The maximum absolute atomic E-state index is 11.9. The first-order chi connectivity index (χ1) is 13.0. The van der Waals surface area contributed by atoms with E-state index in [2.05, 4.69) is 25.9 Å². The van der Waals surface area contributed by atoms with E-state index in [0.717, 1.165) is 54.2 Å². The molecule has 0 bridgehead atoms. The molecule has 142 valence electrons. The molecule has 0 unspecified atom stereocenters. The van der Waals surface area contributed by atoms with Gasteiger partial charge in [0, 0.05) is 30.6 Å². The van der Waals surface area contributed by atoms with E-state index in [0.29, 0.717) is 5.75 Å². The molecule has 1 saturated heterocycles. The highest BCUT2D eigenvalue weighted by Crippen LogP contribution is 2.27. The fourth-order valence-corrected chi connectivity index (χ4v) is 4.92. The minimum absolute atomic E-state index is 0.230. The summed E-state index contributed by atoms with van der Waals surface area (Å²) in [5, 5.41) is 0. The number of rotatable bonds is 5. The maximum Gasteiger partial charge on any atom is 0.150 e. The van der Waals surface area contributed by atoms with Gasteiger partial charge in [0.15, 0.2) is 0 Å². The first-order valence-electron chi connectivity index (χ1n) is 9.40. The zero-order valence-electron chi connectivity index (χ0n) is 15.4. The quantitative estimate of drug-likeness (QED) is 0.730. The van der Waals surface area contributed by atoms with Gasteiger partial charge in [-0.15, -0.1) is 0 Å². The van der Waals surface area contributed by atoms with Crippen molar-refractivity contribution in [3.8, 4) is 11.4 Å². The smallest absolute Gasteiger partial charge is 0.150 e. The number of piperidine rings is 1. The third kappa shape index (κ3) is 3.98. The van der Waals surface area contributed by atoms with Crippen LogP contribution >= 0.6 is 0 Å². The van der Waals surface area contributed by atoms with Crippen LogP contribution in [0.2, 0.25) is 0 Å². The Balaban J connectivity index is 1.49. The molecule has 0 atom stereocenters. The lowest BCUT2D eigenvalue weighted by Gasteiger charge is -2.32. The Morgan fingerprint density at radius 3 is 2.70 bits per heavy atom. The molecule has 0 saturated carbocycles. The van der Waals surface area contributed by atoms with E-state index in [1.54, 1.807) is 6.92 Å². The highest BCUT2D eigenvalue weighted by atomic mass is 32.2. The third-order valence-corrected chi connectivity index (χ3v) is 7.14. The lowest BCUT2D eigenvalue weighted by Crippen LogP contribution is -2.36. The Bertz CT molecular complexity index is 1000. The number of nitrogens with zero attached hydrogens (tertiary/aromatic N) is 3. The number of nitrogens with one attached hydrogen (secondary N) is 1. The number of sulfone groups is 1. The Morgan fingerprint density at radius 2 is 1.96 bits per heavy atom. The van der Waals surface area contributed by atoms with Gasteiger partial charge in [-0.05, 0) is 43.0 Å². The zero-order chi connectivity index (χ0) is 18.9. The molecule has 0 aliphatic carbocycles. The molecule has 1 aliphatic rings. The van der Waals surface area contributed by atoms with Gasteiger partial charge in [0.25, 0.3) is 0 Å². The van der Waals surface area contributed by atoms with Gasteiger partial charge in [0.05, 0.1) is 16.8 Å². The van der Waals surface area contributed by atoms with Gasteiger partial charge in [-0.25, -0.2) is 18.4 Å².